The number of anilines is 2. The van der Waals surface area contributed by atoms with Gasteiger partial charge in [-0.15, -0.1) is 5.10 Å². The molecule has 1 atom stereocenters. The fraction of sp³-hybridized carbons (Fsp3) is 0.450. The Bertz CT molecular complexity index is 818. The van der Waals surface area contributed by atoms with Crippen LogP contribution in [0.4, 0.5) is 11.5 Å². The van der Waals surface area contributed by atoms with Gasteiger partial charge >= 0.3 is 0 Å². The van der Waals surface area contributed by atoms with Gasteiger partial charge in [-0.2, -0.15) is 5.10 Å². The van der Waals surface area contributed by atoms with Crippen molar-refractivity contribution in [2.24, 2.45) is 0 Å². The average Bonchev–Trinajstić information content (AvgIpc) is 3.13. The lowest BCUT2D eigenvalue weighted by Crippen LogP contribution is -2.42. The normalized spacial score (nSPS) is 16.5. The van der Waals surface area contributed by atoms with E-state index in [2.05, 4.69) is 20.4 Å². The molecule has 1 aliphatic rings. The van der Waals surface area contributed by atoms with Crippen molar-refractivity contribution in [3.8, 4) is 5.75 Å². The van der Waals surface area contributed by atoms with Gasteiger partial charge in [0.2, 0.25) is 5.91 Å². The van der Waals surface area contributed by atoms with Crippen LogP contribution < -0.4 is 15.0 Å². The van der Waals surface area contributed by atoms with Gasteiger partial charge in [0.15, 0.2) is 5.82 Å². The second-order valence-corrected chi connectivity index (χ2v) is 7.53. The Hall–Kier alpha value is -2.38. The molecule has 0 radical (unpaired) electrons. The molecule has 0 aliphatic carbocycles. The number of carbonyl (C=O) groups is 1. The first-order valence-corrected chi connectivity index (χ1v) is 9.72. The number of hydrogen-bond donors (Lipinski definition) is 1. The fourth-order valence-corrected chi connectivity index (χ4v) is 3.72. The summed E-state index contributed by atoms with van der Waals surface area (Å²) >= 11 is 6.13. The first kappa shape index (κ1) is 20.4. The SMILES string of the molecule is COc1cc(Cl)c(C)cc1NC(=O)CN(C)CC1CCCN1c1cccnn1. The summed E-state index contributed by atoms with van der Waals surface area (Å²) in [5, 5.41) is 11.7. The first-order valence-electron chi connectivity index (χ1n) is 9.35. The molecule has 1 fully saturated rings. The zero-order valence-corrected chi connectivity index (χ0v) is 17.2. The van der Waals surface area contributed by atoms with Gasteiger partial charge in [-0.3, -0.25) is 9.69 Å². The molecule has 0 bridgehead atoms. The van der Waals surface area contributed by atoms with E-state index < -0.39 is 0 Å². The molecule has 1 saturated heterocycles. The average molecular weight is 404 g/mol. The third-order valence-corrected chi connectivity index (χ3v) is 5.33. The minimum Gasteiger partial charge on any atom is -0.495 e. The van der Waals surface area contributed by atoms with E-state index >= 15 is 0 Å². The number of likely N-dealkylation sites (N-methyl/N-ethyl adjacent to an activating group) is 1. The van der Waals surface area contributed by atoms with Gasteiger partial charge in [0.05, 0.1) is 19.3 Å². The van der Waals surface area contributed by atoms with Crippen molar-refractivity contribution in [2.45, 2.75) is 25.8 Å². The maximum atomic E-state index is 12.5. The van der Waals surface area contributed by atoms with Crippen molar-refractivity contribution in [2.75, 3.05) is 44.0 Å². The lowest BCUT2D eigenvalue weighted by molar-refractivity contribution is -0.117. The lowest BCUT2D eigenvalue weighted by atomic mass is 10.2. The van der Waals surface area contributed by atoms with Crippen molar-refractivity contribution < 1.29 is 9.53 Å². The number of amides is 1. The second-order valence-electron chi connectivity index (χ2n) is 7.12. The zero-order valence-electron chi connectivity index (χ0n) is 16.5. The lowest BCUT2D eigenvalue weighted by Gasteiger charge is -2.29. The summed E-state index contributed by atoms with van der Waals surface area (Å²) in [4.78, 5) is 16.8. The summed E-state index contributed by atoms with van der Waals surface area (Å²) in [5.41, 5.74) is 1.52. The largest absolute Gasteiger partial charge is 0.495 e. The van der Waals surface area contributed by atoms with Gasteiger partial charge in [-0.25, -0.2) is 0 Å². The van der Waals surface area contributed by atoms with Crippen molar-refractivity contribution >= 4 is 29.0 Å². The molecule has 0 spiro atoms. The Morgan fingerprint density at radius 2 is 2.29 bits per heavy atom. The van der Waals surface area contributed by atoms with E-state index in [9.17, 15) is 4.79 Å². The van der Waals surface area contributed by atoms with Crippen LogP contribution >= 0.6 is 11.6 Å². The molecular formula is C20H26ClN5O2. The molecule has 28 heavy (non-hydrogen) atoms. The van der Waals surface area contributed by atoms with E-state index in [0.29, 0.717) is 22.5 Å². The summed E-state index contributed by atoms with van der Waals surface area (Å²) < 4.78 is 5.33. The van der Waals surface area contributed by atoms with Crippen LogP contribution in [0.3, 0.4) is 0 Å². The maximum Gasteiger partial charge on any atom is 0.238 e. The maximum absolute atomic E-state index is 12.5. The van der Waals surface area contributed by atoms with E-state index in [1.165, 1.54) is 0 Å². The van der Waals surface area contributed by atoms with Crippen LogP contribution in [0, 0.1) is 6.92 Å². The number of nitrogens with zero attached hydrogens (tertiary/aromatic N) is 4. The Morgan fingerprint density at radius 1 is 1.46 bits per heavy atom. The third kappa shape index (κ3) is 4.91. The molecular weight excluding hydrogens is 378 g/mol. The second kappa shape index (κ2) is 9.21. The number of ether oxygens (including phenoxy) is 1. The summed E-state index contributed by atoms with van der Waals surface area (Å²) in [6, 6.07) is 7.74. The number of benzene rings is 1. The monoisotopic (exact) mass is 403 g/mol. The molecule has 1 aromatic carbocycles. The smallest absolute Gasteiger partial charge is 0.238 e. The van der Waals surface area contributed by atoms with E-state index in [1.807, 2.05) is 37.1 Å². The van der Waals surface area contributed by atoms with Gasteiger partial charge in [0, 0.05) is 36.4 Å². The predicted molar refractivity (Wildman–Crippen MR) is 111 cm³/mol. The standard InChI is InChI=1S/C20H26ClN5O2/c1-14-10-17(18(28-3)11-16(14)21)23-20(27)13-25(2)12-15-6-5-9-26(15)19-7-4-8-22-24-19/h4,7-8,10-11,15H,5-6,9,12-13H2,1-3H3,(H,23,27). The molecule has 3 rings (SSSR count). The number of aryl methyl sites for hydroxylation is 1. The summed E-state index contributed by atoms with van der Waals surface area (Å²) in [6.07, 6.45) is 3.87. The minimum atomic E-state index is -0.0911. The molecule has 7 nitrogen and oxygen atoms in total. The van der Waals surface area contributed by atoms with Crippen LogP contribution in [0.25, 0.3) is 0 Å². The van der Waals surface area contributed by atoms with Crippen molar-refractivity contribution in [1.29, 1.82) is 0 Å². The summed E-state index contributed by atoms with van der Waals surface area (Å²) in [7, 11) is 3.51. The molecule has 8 heteroatoms. The summed E-state index contributed by atoms with van der Waals surface area (Å²) in [6.45, 7) is 3.92. The van der Waals surface area contributed by atoms with Crippen LogP contribution in [0.2, 0.25) is 5.02 Å². The Morgan fingerprint density at radius 3 is 3.00 bits per heavy atom. The highest BCUT2D eigenvalue weighted by Crippen LogP contribution is 2.31. The van der Waals surface area contributed by atoms with Crippen molar-refractivity contribution in [3.63, 3.8) is 0 Å². The molecule has 1 unspecified atom stereocenters. The fourth-order valence-electron chi connectivity index (χ4n) is 3.56. The van der Waals surface area contributed by atoms with Gasteiger partial charge in [-0.1, -0.05) is 11.6 Å². The van der Waals surface area contributed by atoms with Gasteiger partial charge in [0.25, 0.3) is 0 Å². The van der Waals surface area contributed by atoms with E-state index in [-0.39, 0.29) is 12.5 Å². The molecule has 1 N–H and O–H groups in total. The van der Waals surface area contributed by atoms with Gasteiger partial charge in [-0.05, 0) is 50.6 Å². The van der Waals surface area contributed by atoms with Gasteiger partial charge in [0.1, 0.15) is 5.75 Å². The predicted octanol–water partition coefficient (Wildman–Crippen LogP) is 2.99. The highest BCUT2D eigenvalue weighted by molar-refractivity contribution is 6.31. The van der Waals surface area contributed by atoms with E-state index in [1.54, 1.807) is 19.4 Å². The topological polar surface area (TPSA) is 70.6 Å². The number of hydrogen-bond acceptors (Lipinski definition) is 6. The highest BCUT2D eigenvalue weighted by Gasteiger charge is 2.27. The van der Waals surface area contributed by atoms with E-state index in [4.69, 9.17) is 16.3 Å². The zero-order chi connectivity index (χ0) is 20.1. The Balaban J connectivity index is 1.58. The van der Waals surface area contributed by atoms with Crippen LogP contribution in [0.1, 0.15) is 18.4 Å². The molecule has 2 aromatic rings. The van der Waals surface area contributed by atoms with Crippen molar-refractivity contribution in [3.05, 3.63) is 41.0 Å². The van der Waals surface area contributed by atoms with Gasteiger partial charge < -0.3 is 15.0 Å². The minimum absolute atomic E-state index is 0.0911. The molecule has 2 heterocycles. The van der Waals surface area contributed by atoms with Crippen LogP contribution in [0.15, 0.2) is 30.5 Å². The van der Waals surface area contributed by atoms with Crippen LogP contribution in [-0.4, -0.2) is 60.8 Å². The molecule has 1 aliphatic heterocycles. The number of nitrogens with one attached hydrogen (secondary N) is 1. The number of halogens is 1. The molecule has 150 valence electrons. The van der Waals surface area contributed by atoms with E-state index in [0.717, 1.165) is 37.3 Å². The third-order valence-electron chi connectivity index (χ3n) is 4.92. The highest BCUT2D eigenvalue weighted by atomic mass is 35.5. The molecule has 1 amide bonds. The van der Waals surface area contributed by atoms with Crippen LogP contribution in [-0.2, 0) is 4.79 Å². The number of methoxy groups -OCH3 is 1. The first-order chi connectivity index (χ1) is 13.5. The quantitative estimate of drug-likeness (QED) is 0.766. The van der Waals surface area contributed by atoms with Crippen molar-refractivity contribution in [1.82, 2.24) is 15.1 Å². The number of carbonyl (C=O) groups excluding carboxylic acids is 1. The van der Waals surface area contributed by atoms with Crippen LogP contribution in [0.5, 0.6) is 5.75 Å². The molecule has 0 saturated carbocycles. The Kier molecular flexibility index (Phi) is 6.70. The summed E-state index contributed by atoms with van der Waals surface area (Å²) in [5.74, 6) is 1.35. The number of rotatable bonds is 7. The number of aromatic nitrogens is 2. The Labute approximate surface area is 170 Å². The molecule has 1 aromatic heterocycles.